The summed E-state index contributed by atoms with van der Waals surface area (Å²) in [4.78, 5) is 20.0. The highest BCUT2D eigenvalue weighted by Gasteiger charge is 2.30. The van der Waals surface area contributed by atoms with E-state index in [9.17, 15) is 4.79 Å². The number of anilines is 1. The molecule has 3 atom stereocenters. The van der Waals surface area contributed by atoms with Gasteiger partial charge in [0.05, 0.1) is 18.8 Å². The third-order valence-corrected chi connectivity index (χ3v) is 6.88. The van der Waals surface area contributed by atoms with E-state index in [2.05, 4.69) is 26.9 Å². The van der Waals surface area contributed by atoms with Crippen LogP contribution in [0.15, 0.2) is 36.1 Å². The van der Waals surface area contributed by atoms with E-state index in [4.69, 9.17) is 4.74 Å². The minimum Gasteiger partial charge on any atom is -0.377 e. The molecule has 0 unspecified atom stereocenters. The summed E-state index contributed by atoms with van der Waals surface area (Å²) < 4.78 is 5.71. The van der Waals surface area contributed by atoms with E-state index in [1.165, 1.54) is 32.1 Å². The van der Waals surface area contributed by atoms with Crippen molar-refractivity contribution < 1.29 is 9.53 Å². The second-order valence-corrected chi connectivity index (χ2v) is 9.33. The number of rotatable bonds is 9. The lowest BCUT2D eigenvalue weighted by molar-refractivity contribution is 0.0599. The molecular weight excluding hydrogens is 402 g/mol. The summed E-state index contributed by atoms with van der Waals surface area (Å²) in [6.45, 7) is 9.34. The molecular formula is C25H37N5O2. The lowest BCUT2D eigenvalue weighted by Crippen LogP contribution is -2.48. The van der Waals surface area contributed by atoms with Gasteiger partial charge in [-0.05, 0) is 56.2 Å². The summed E-state index contributed by atoms with van der Waals surface area (Å²) >= 11 is 0. The number of hydrogen-bond acceptors (Lipinski definition) is 6. The van der Waals surface area contributed by atoms with E-state index >= 15 is 0 Å². The first-order valence-electron chi connectivity index (χ1n) is 12.2. The molecule has 1 aromatic rings. The highest BCUT2D eigenvalue weighted by molar-refractivity contribution is 5.94. The smallest absolute Gasteiger partial charge is 0.253 e. The predicted molar refractivity (Wildman–Crippen MR) is 128 cm³/mol. The molecule has 7 nitrogen and oxygen atoms in total. The van der Waals surface area contributed by atoms with E-state index in [0.29, 0.717) is 24.0 Å². The first-order valence-corrected chi connectivity index (χ1v) is 12.2. The van der Waals surface area contributed by atoms with Crippen molar-refractivity contribution in [1.82, 2.24) is 15.2 Å². The molecule has 0 aromatic carbocycles. The van der Waals surface area contributed by atoms with Crippen molar-refractivity contribution >= 4 is 17.9 Å². The zero-order valence-corrected chi connectivity index (χ0v) is 19.1. The van der Waals surface area contributed by atoms with Gasteiger partial charge in [-0.15, -0.1) is 6.58 Å². The Morgan fingerprint density at radius 1 is 1.22 bits per heavy atom. The van der Waals surface area contributed by atoms with E-state index in [-0.39, 0.29) is 11.9 Å². The molecule has 0 bridgehead atoms. The molecule has 32 heavy (non-hydrogen) atoms. The zero-order chi connectivity index (χ0) is 22.2. The Bertz CT molecular complexity index is 781. The third-order valence-electron chi connectivity index (χ3n) is 6.88. The van der Waals surface area contributed by atoms with Crippen molar-refractivity contribution in [3.8, 4) is 0 Å². The molecule has 4 rings (SSSR count). The lowest BCUT2D eigenvalue weighted by Gasteiger charge is -2.39. The Hall–Kier alpha value is -2.25. The molecule has 1 saturated carbocycles. The number of carbonyl (C=O) groups is 1. The van der Waals surface area contributed by atoms with Crippen LogP contribution in [0.3, 0.4) is 0 Å². The normalized spacial score (nSPS) is 26.2. The van der Waals surface area contributed by atoms with Crippen LogP contribution in [0.2, 0.25) is 0 Å². The average molecular weight is 440 g/mol. The number of pyridine rings is 1. The molecule has 1 N–H and O–H groups in total. The Labute approximate surface area is 191 Å². The van der Waals surface area contributed by atoms with Crippen LogP contribution in [0.4, 0.5) is 5.82 Å². The average Bonchev–Trinajstić information content (AvgIpc) is 3.36. The van der Waals surface area contributed by atoms with Crippen LogP contribution in [-0.2, 0) is 4.74 Å². The molecule has 2 aliphatic heterocycles. The summed E-state index contributed by atoms with van der Waals surface area (Å²) in [6, 6.07) is 3.98. The number of nitrogens with zero attached hydrogens (tertiary/aromatic N) is 4. The SMILES string of the molecule is C=CCOC[C@@H]1CCCN(C[C@H]2CCCC[C@@H]2NC(=O)c2ccc(N3CCC=N3)nc2)C1. The number of hydrazone groups is 1. The number of nitrogens with one attached hydrogen (secondary N) is 1. The zero-order valence-electron chi connectivity index (χ0n) is 19.1. The van der Waals surface area contributed by atoms with Gasteiger partial charge in [-0.2, -0.15) is 5.10 Å². The summed E-state index contributed by atoms with van der Waals surface area (Å²) in [5, 5.41) is 9.49. The van der Waals surface area contributed by atoms with Gasteiger partial charge in [0.25, 0.3) is 5.91 Å². The van der Waals surface area contributed by atoms with E-state index in [1.807, 2.05) is 29.4 Å². The van der Waals surface area contributed by atoms with Gasteiger partial charge in [-0.1, -0.05) is 18.9 Å². The summed E-state index contributed by atoms with van der Waals surface area (Å²) in [5.74, 6) is 1.89. The maximum absolute atomic E-state index is 12.9. The molecule has 174 valence electrons. The number of piperidine rings is 1. The summed E-state index contributed by atoms with van der Waals surface area (Å²) in [7, 11) is 0. The summed E-state index contributed by atoms with van der Waals surface area (Å²) in [6.07, 6.45) is 13.5. The van der Waals surface area contributed by atoms with E-state index in [0.717, 1.165) is 51.4 Å². The predicted octanol–water partition coefficient (Wildman–Crippen LogP) is 3.48. The summed E-state index contributed by atoms with van der Waals surface area (Å²) in [5.41, 5.74) is 0.624. The second-order valence-electron chi connectivity index (χ2n) is 9.33. The molecule has 7 heteroatoms. The van der Waals surface area contributed by atoms with Crippen molar-refractivity contribution in [3.05, 3.63) is 36.5 Å². The van der Waals surface area contributed by atoms with Crippen molar-refractivity contribution in [2.75, 3.05) is 44.4 Å². The molecule has 1 aromatic heterocycles. The van der Waals surface area contributed by atoms with Gasteiger partial charge in [0.15, 0.2) is 0 Å². The second kappa shape index (κ2) is 11.6. The quantitative estimate of drug-likeness (QED) is 0.471. The van der Waals surface area contributed by atoms with E-state index < -0.39 is 0 Å². The fourth-order valence-electron chi connectivity index (χ4n) is 5.21. The van der Waals surface area contributed by atoms with Crippen LogP contribution in [0.25, 0.3) is 0 Å². The van der Waals surface area contributed by atoms with Crippen molar-refractivity contribution in [1.29, 1.82) is 0 Å². The van der Waals surface area contributed by atoms with Crippen molar-refractivity contribution in [2.45, 2.75) is 51.0 Å². The van der Waals surface area contributed by atoms with Gasteiger partial charge in [0.2, 0.25) is 0 Å². The molecule has 0 radical (unpaired) electrons. The fraction of sp³-hybridized carbons (Fsp3) is 0.640. The molecule has 3 heterocycles. The van der Waals surface area contributed by atoms with Crippen LogP contribution in [-0.4, -0.2) is 67.4 Å². The van der Waals surface area contributed by atoms with Gasteiger partial charge in [0, 0.05) is 44.5 Å². The van der Waals surface area contributed by atoms with Crippen molar-refractivity contribution in [2.24, 2.45) is 16.9 Å². The minimum atomic E-state index is -0.0137. The third kappa shape index (κ3) is 6.17. The van der Waals surface area contributed by atoms with Crippen LogP contribution < -0.4 is 10.3 Å². The van der Waals surface area contributed by atoms with Crippen LogP contribution >= 0.6 is 0 Å². The molecule has 3 aliphatic rings. The first kappa shape index (κ1) is 22.9. The standard InChI is InChI=1S/C25H37N5O2/c1-2-15-32-19-20-7-5-13-29(17-20)18-22-8-3-4-9-23(22)28-25(31)21-10-11-24(26-16-21)30-14-6-12-27-30/h2,10-12,16,20,22-23H,1,3-9,13-15,17-19H2,(H,28,31)/t20-,22-,23+/m1/s1. The Morgan fingerprint density at radius 2 is 2.12 bits per heavy atom. The Kier molecular flexibility index (Phi) is 8.29. The van der Waals surface area contributed by atoms with Gasteiger partial charge in [-0.25, -0.2) is 9.99 Å². The highest BCUT2D eigenvalue weighted by atomic mass is 16.5. The van der Waals surface area contributed by atoms with Crippen LogP contribution in [0.1, 0.15) is 55.3 Å². The largest absolute Gasteiger partial charge is 0.377 e. The van der Waals surface area contributed by atoms with Gasteiger partial charge >= 0.3 is 0 Å². The fourth-order valence-corrected chi connectivity index (χ4v) is 5.21. The van der Waals surface area contributed by atoms with Gasteiger partial charge < -0.3 is 15.0 Å². The monoisotopic (exact) mass is 439 g/mol. The number of carbonyl (C=O) groups excluding carboxylic acids is 1. The molecule has 0 spiro atoms. The van der Waals surface area contributed by atoms with Crippen LogP contribution in [0.5, 0.6) is 0 Å². The number of amides is 1. The lowest BCUT2D eigenvalue weighted by atomic mass is 9.83. The van der Waals surface area contributed by atoms with Gasteiger partial charge in [0.1, 0.15) is 5.82 Å². The van der Waals surface area contributed by atoms with Gasteiger partial charge in [-0.3, -0.25) is 4.79 Å². The molecule has 1 amide bonds. The minimum absolute atomic E-state index is 0.0137. The highest BCUT2D eigenvalue weighted by Crippen LogP contribution is 2.28. The molecule has 1 saturated heterocycles. The molecule has 2 fully saturated rings. The van der Waals surface area contributed by atoms with Crippen LogP contribution in [0, 0.1) is 11.8 Å². The maximum Gasteiger partial charge on any atom is 0.253 e. The van der Waals surface area contributed by atoms with Crippen molar-refractivity contribution in [3.63, 3.8) is 0 Å². The van der Waals surface area contributed by atoms with E-state index in [1.54, 1.807) is 6.20 Å². The first-order chi connectivity index (χ1) is 15.7. The Balaban J connectivity index is 1.30. The number of likely N-dealkylation sites (tertiary alicyclic amines) is 1. The Morgan fingerprint density at radius 3 is 2.91 bits per heavy atom. The number of ether oxygens (including phenoxy) is 1. The maximum atomic E-state index is 12.9. The molecule has 1 aliphatic carbocycles. The number of hydrogen-bond donors (Lipinski definition) is 1. The topological polar surface area (TPSA) is 70.1 Å². The number of aromatic nitrogens is 1.